The number of hydrogen-bond donors (Lipinski definition) is 1. The molecule has 9 aromatic rings. The first kappa shape index (κ1) is 127. The molecule has 1 N–H and O–H groups in total. The van der Waals surface area contributed by atoms with Gasteiger partial charge in [0.2, 0.25) is 0 Å². The molecule has 0 radical (unpaired) electrons. The van der Waals surface area contributed by atoms with Gasteiger partial charge in [-0.15, -0.1) is 0 Å². The number of aromatic nitrogens is 3. The van der Waals surface area contributed by atoms with Crippen LogP contribution in [0.5, 0.6) is 0 Å². The third-order valence-corrected chi connectivity index (χ3v) is 16.2. The Morgan fingerprint density at radius 1 is 0.509 bits per heavy atom. The number of hydrogen-bond acceptors (Lipinski definition) is 11. The molecule has 108 heavy (non-hydrogen) atoms. The molecule has 10 rings (SSSR count). The fourth-order valence-electron chi connectivity index (χ4n) is 7.18. The average molecular weight is 3780 g/mol. The van der Waals surface area contributed by atoms with E-state index in [-0.39, 0.29) is 99.1 Å². The number of benzene rings is 6. The molecule has 1 aliphatic rings. The van der Waals surface area contributed by atoms with E-state index < -0.39 is 32.6 Å². The number of para-hydroxylation sites is 3. The molecule has 11 nitrogen and oxygen atoms in total. The first-order chi connectivity index (χ1) is 49.3. The van der Waals surface area contributed by atoms with Crippen LogP contribution in [0.25, 0.3) is 32.7 Å². The van der Waals surface area contributed by atoms with Crippen molar-refractivity contribution >= 4 is 368 Å². The Kier molecular flexibility index (Phi) is 92.7. The van der Waals surface area contributed by atoms with Crippen LogP contribution < -0.4 is 28.4 Å². The van der Waals surface area contributed by atoms with Crippen molar-refractivity contribution in [2.75, 3.05) is 28.6 Å². The Hall–Kier alpha value is 8.32. The van der Waals surface area contributed by atoms with Crippen molar-refractivity contribution in [3.63, 3.8) is 0 Å². The SMILES string of the molecule is Brc1cnc2ccc(Nc3ccccc3)cc2c1.CC.CC.CC.C[Si](C)(C)OCN(c1ccccc1)c1ccc2ncc(Br)cc2c1.I[I-]I.[2H]B1OC(C)(C)C(C)(C)O1.[2H]c1cnc2ccc(N(CO[Si](C)(C)C)c3ccccc3)cc2c1.[CH2-]O[Si](C)(C)C.[CH3-].[CH3-].[I][V]([I])[I].[I][V]([I])[I].[I][V][I].[I][V][I].[W].[W].[W]. The van der Waals surface area contributed by atoms with Crippen LogP contribution in [-0.4, -0.2) is 73.6 Å². The molecule has 0 amide bonds. The number of fused-ring (bicyclic) bond motifs is 3. The topological polar surface area (TPSA) is 103 Å². The van der Waals surface area contributed by atoms with E-state index in [1.54, 1.807) is 6.20 Å². The molecule has 3 aromatic heterocycles. The summed E-state index contributed by atoms with van der Waals surface area (Å²) in [6, 6.07) is 55.7. The summed E-state index contributed by atoms with van der Waals surface area (Å²) in [6.07, 6.45) is 5.21. The monoisotopic (exact) mass is 3780 g/mol. The van der Waals surface area contributed by atoms with Crippen molar-refractivity contribution in [2.45, 2.75) is 139 Å². The van der Waals surface area contributed by atoms with Gasteiger partial charge in [0.15, 0.2) is 16.6 Å². The van der Waals surface area contributed by atoms with E-state index in [4.69, 9.17) is 25.3 Å². The second kappa shape index (κ2) is 78.8. The van der Waals surface area contributed by atoms with E-state index in [1.165, 1.54) is 0 Å². The molecule has 1 fully saturated rings. The number of nitrogens with zero attached hydrogens (tertiary/aromatic N) is 5. The van der Waals surface area contributed by atoms with Gasteiger partial charge >= 0.3 is 287 Å². The molecule has 37 heteroatoms. The Morgan fingerprint density at radius 2 is 0.815 bits per heavy atom. The predicted octanol–water partition coefficient (Wildman–Crippen LogP) is 29.9. The van der Waals surface area contributed by atoms with Crippen LogP contribution in [-0.2, 0) is 115 Å². The Bertz CT molecular complexity index is 3550. The maximum Gasteiger partial charge on any atom is 0 e. The average Bonchev–Trinajstić information content (AvgIpc) is 1.75. The zero-order chi connectivity index (χ0) is 81.2. The Balaban J connectivity index is -0.000000189. The standard InChI is InChI=1S/C19H21BrN2OSi.C19H22N2OSi.C15H11BrN2.C6H13BO2.C4H11OSi.3C2H6.2CH3.I3.10HI.4V.3W/c1-24(2,3)23-14-22(17-7-5-4-6-8-17)18-9-10-19-15(12-18)11-16(20)13-21-19;1-23(2,3)22-15-21(17-9-5-4-6-10-17)18-11-12-19-16(14-18)8-7-13-20-19;16-12-8-11-9-14(6-7-15(11)17-10-12)18-13-4-2-1-3-5-13;1-5(2)6(3,4)9-7-8-5;1-5-6(2,3)4;3*1-2;;;1-3-2;;;;;;;;;;;;;;;;;/h4-13H,14H2,1-3H3;4-14H,15H2,1-3H3;1-10,18H;7H,1-4H3;1H2,2-4H3;3*1-2H3;2*1H3;;10*1H;;;;;;;/q;;;;-1;;;;3*-1;;;;;;;;;;;2*+2;2*+3;;;/p-10/i;7D;;7D;;;;;;;;;;;;;;;;;;;;;;;;. The normalized spacial score (nSPS) is 11.6. The van der Waals surface area contributed by atoms with Crippen LogP contribution in [0.3, 0.4) is 0 Å². The molecule has 1 aliphatic heterocycles. The van der Waals surface area contributed by atoms with E-state index in [0.29, 0.717) is 51.7 Å². The van der Waals surface area contributed by atoms with E-state index in [1.807, 2.05) is 160 Å². The Morgan fingerprint density at radius 3 is 1.13 bits per heavy atom. The van der Waals surface area contributed by atoms with Crippen LogP contribution in [0.2, 0.25) is 58.9 Å². The Labute approximate surface area is 882 Å². The molecule has 0 unspecified atom stereocenters. The molecular weight excluding hydrogens is 3680 g/mol. The molecule has 0 aliphatic carbocycles. The summed E-state index contributed by atoms with van der Waals surface area (Å²) in [7, 11) is -0.726. The van der Waals surface area contributed by atoms with Crippen molar-refractivity contribution in [2.24, 2.45) is 0 Å². The maximum atomic E-state index is 7.79. The van der Waals surface area contributed by atoms with E-state index in [9.17, 15) is 0 Å². The third kappa shape index (κ3) is 66.7. The quantitative estimate of drug-likeness (QED) is 0.0517. The number of pyridine rings is 3. The van der Waals surface area contributed by atoms with Gasteiger partial charge in [0.05, 0.1) is 30.5 Å². The van der Waals surface area contributed by atoms with Gasteiger partial charge in [-0.1, -0.05) is 102 Å². The molecule has 0 spiro atoms. The van der Waals surface area contributed by atoms with Gasteiger partial charge in [0, 0.05) is 141 Å². The molecule has 608 valence electrons. The number of halogens is 15. The van der Waals surface area contributed by atoms with E-state index >= 15 is 0 Å². The van der Waals surface area contributed by atoms with Crippen molar-refractivity contribution in [3.8, 4) is 0 Å². The molecule has 0 saturated carbocycles. The number of rotatable bonds is 13. The number of nitrogens with one attached hydrogen (secondary N) is 1. The van der Waals surface area contributed by atoms with Gasteiger partial charge in [0.1, 0.15) is 21.8 Å². The molecule has 0 atom stereocenters. The van der Waals surface area contributed by atoms with E-state index in [0.717, 1.165) is 75.8 Å². The summed E-state index contributed by atoms with van der Waals surface area (Å²) in [5.74, 6) is 0. The van der Waals surface area contributed by atoms with Crippen LogP contribution in [0.4, 0.5) is 34.1 Å². The summed E-state index contributed by atoms with van der Waals surface area (Å²) in [4.78, 5) is 16.9. The first-order valence-electron chi connectivity index (χ1n) is 32.6. The van der Waals surface area contributed by atoms with E-state index in [2.05, 4.69) is 450 Å². The van der Waals surface area contributed by atoms with Gasteiger partial charge in [-0.25, -0.2) is 7.11 Å². The predicted molar refractivity (Wildman–Crippen MR) is 568 cm³/mol. The van der Waals surface area contributed by atoms with Crippen LogP contribution in [0, 0.1) is 22.0 Å². The van der Waals surface area contributed by atoms with Crippen molar-refractivity contribution in [1.29, 1.82) is 1.34 Å². The summed E-state index contributed by atoms with van der Waals surface area (Å²) in [5, 5.41) is 6.56. The summed E-state index contributed by atoms with van der Waals surface area (Å²) >= 11 is 36.5. The minimum absolute atomic E-state index is 0. The molecular formula is C71H102BBr2I13N6O5Si3V4W3-4. The zero-order valence-corrected chi connectivity index (χ0v) is 113. The van der Waals surface area contributed by atoms with Gasteiger partial charge in [-0.2, -0.15) is 0 Å². The smallest absolute Gasteiger partial charge is 0 e. The van der Waals surface area contributed by atoms with Gasteiger partial charge in [-0.3, -0.25) is 15.0 Å². The third-order valence-electron chi connectivity index (χ3n) is 12.5. The van der Waals surface area contributed by atoms with Gasteiger partial charge < -0.3 is 52.6 Å². The minimum atomic E-state index is -1.63. The van der Waals surface area contributed by atoms with Gasteiger partial charge in [-0.05, 0) is 228 Å². The molecule has 1 saturated heterocycles. The summed E-state index contributed by atoms with van der Waals surface area (Å²) < 4.78 is 44.5. The minimum Gasteiger partial charge on any atom is 0 e. The van der Waals surface area contributed by atoms with Crippen LogP contribution in [0.15, 0.2) is 197 Å². The zero-order valence-electron chi connectivity index (χ0n) is 66.5. The molecule has 0 bridgehead atoms. The molecule has 6 aromatic carbocycles. The van der Waals surface area contributed by atoms with Crippen LogP contribution in [0.1, 0.15) is 70.6 Å². The summed E-state index contributed by atoms with van der Waals surface area (Å²) in [6.45, 7) is 40.3. The molecule has 4 heterocycles. The summed E-state index contributed by atoms with van der Waals surface area (Å²) in [5.41, 5.74) is 8.69. The van der Waals surface area contributed by atoms with Crippen molar-refractivity contribution in [1.82, 2.24) is 15.0 Å². The maximum absolute atomic E-state index is 7.79. The fourth-order valence-corrected chi connectivity index (χ4v) is 8.92. The second-order valence-corrected chi connectivity index (χ2v) is 149. The van der Waals surface area contributed by atoms with Crippen LogP contribution >= 0.6 is 269 Å². The largest absolute Gasteiger partial charge is 0 e. The number of anilines is 6. The van der Waals surface area contributed by atoms with Gasteiger partial charge in [0.25, 0.3) is 0 Å². The fraction of sp³-hybridized carbons (Fsp3) is 0.324. The second-order valence-electron chi connectivity index (χ2n) is 23.4. The van der Waals surface area contributed by atoms with Crippen molar-refractivity contribution < 1.29 is 129 Å². The van der Waals surface area contributed by atoms with Crippen molar-refractivity contribution in [3.05, 3.63) is 219 Å². The first-order valence-corrected chi connectivity index (χ1v) is 101.